The number of hydrogen-bond acceptors (Lipinski definition) is 1. The van der Waals surface area contributed by atoms with E-state index in [1.165, 1.54) is 12.1 Å². The summed E-state index contributed by atoms with van der Waals surface area (Å²) in [5.41, 5.74) is 1.73. The van der Waals surface area contributed by atoms with Gasteiger partial charge in [-0.1, -0.05) is 0 Å². The predicted molar refractivity (Wildman–Crippen MR) is 81.2 cm³/mol. The fourth-order valence-electron chi connectivity index (χ4n) is 2.20. The minimum atomic E-state index is -0.614. The van der Waals surface area contributed by atoms with E-state index in [2.05, 4.69) is 4.98 Å². The van der Waals surface area contributed by atoms with E-state index in [1.54, 1.807) is 6.07 Å². The van der Waals surface area contributed by atoms with Gasteiger partial charge in [0.15, 0.2) is 0 Å². The molecule has 0 atom stereocenters. The third kappa shape index (κ3) is 3.03. The third-order valence-corrected chi connectivity index (χ3v) is 3.20. The van der Waals surface area contributed by atoms with Crippen LogP contribution in [0.1, 0.15) is 5.56 Å². The first-order valence-corrected chi connectivity index (χ1v) is 6.50. The number of pyridine rings is 1. The van der Waals surface area contributed by atoms with Crippen molar-refractivity contribution in [2.45, 2.75) is 6.92 Å². The van der Waals surface area contributed by atoms with Crippen molar-refractivity contribution in [3.8, 4) is 17.1 Å². The SMILES string of the molecule is Cc1cc(-c2ccc(F)cc2F)nc(-n2cc[n+](C)c2)c1.[CH3-]. The van der Waals surface area contributed by atoms with E-state index >= 15 is 0 Å². The molecule has 22 heavy (non-hydrogen) atoms. The Hall–Kier alpha value is -2.56. The molecule has 0 aliphatic rings. The second-order valence-electron chi connectivity index (χ2n) is 5.00. The van der Waals surface area contributed by atoms with E-state index in [1.807, 2.05) is 47.9 Å². The molecule has 2 aromatic heterocycles. The molecule has 0 fully saturated rings. The van der Waals surface area contributed by atoms with Crippen LogP contribution in [0.25, 0.3) is 17.1 Å². The summed E-state index contributed by atoms with van der Waals surface area (Å²) >= 11 is 0. The number of imidazole rings is 1. The summed E-state index contributed by atoms with van der Waals surface area (Å²) in [5, 5.41) is 0. The molecule has 1 aromatic carbocycles. The highest BCUT2D eigenvalue weighted by atomic mass is 19.1. The molecule has 0 spiro atoms. The van der Waals surface area contributed by atoms with Crippen LogP contribution in [0.5, 0.6) is 0 Å². The van der Waals surface area contributed by atoms with Crippen molar-refractivity contribution in [1.29, 1.82) is 0 Å². The number of hydrogen-bond donors (Lipinski definition) is 0. The normalized spacial score (nSPS) is 10.4. The van der Waals surface area contributed by atoms with Gasteiger partial charge in [-0.3, -0.25) is 0 Å². The number of halogens is 2. The quantitative estimate of drug-likeness (QED) is 0.525. The summed E-state index contributed by atoms with van der Waals surface area (Å²) in [6, 6.07) is 7.20. The van der Waals surface area contributed by atoms with Gasteiger partial charge in [0.25, 0.3) is 0 Å². The van der Waals surface area contributed by atoms with Gasteiger partial charge in [-0.05, 0) is 30.7 Å². The highest BCUT2D eigenvalue weighted by Crippen LogP contribution is 2.24. The van der Waals surface area contributed by atoms with Gasteiger partial charge in [0.1, 0.15) is 24.0 Å². The van der Waals surface area contributed by atoms with Crippen LogP contribution < -0.4 is 4.57 Å². The van der Waals surface area contributed by atoms with Gasteiger partial charge in [0, 0.05) is 17.7 Å². The first-order valence-electron chi connectivity index (χ1n) is 6.50. The Labute approximate surface area is 128 Å². The zero-order chi connectivity index (χ0) is 15.0. The molecule has 0 saturated heterocycles. The van der Waals surface area contributed by atoms with Crippen LogP contribution in [0, 0.1) is 26.0 Å². The molecule has 0 radical (unpaired) electrons. The maximum absolute atomic E-state index is 13.9. The van der Waals surface area contributed by atoms with E-state index in [4.69, 9.17) is 0 Å². The number of aromatic nitrogens is 3. The van der Waals surface area contributed by atoms with Crippen LogP contribution in [0.4, 0.5) is 8.78 Å². The van der Waals surface area contributed by atoms with Crippen LogP contribution >= 0.6 is 0 Å². The van der Waals surface area contributed by atoms with Gasteiger partial charge in [0.05, 0.1) is 12.7 Å². The van der Waals surface area contributed by atoms with Gasteiger partial charge >= 0.3 is 0 Å². The molecule has 0 bridgehead atoms. The fourth-order valence-corrected chi connectivity index (χ4v) is 2.20. The van der Waals surface area contributed by atoms with Crippen molar-refractivity contribution >= 4 is 0 Å². The van der Waals surface area contributed by atoms with Gasteiger partial charge < -0.3 is 7.43 Å². The second-order valence-corrected chi connectivity index (χ2v) is 5.00. The molecule has 0 amide bonds. The Bertz CT molecular complexity index is 809. The summed E-state index contributed by atoms with van der Waals surface area (Å²) < 4.78 is 30.7. The van der Waals surface area contributed by atoms with Gasteiger partial charge in [0.2, 0.25) is 12.1 Å². The van der Waals surface area contributed by atoms with Crippen LogP contribution in [-0.2, 0) is 7.05 Å². The zero-order valence-corrected chi connectivity index (χ0v) is 12.7. The maximum Gasteiger partial charge on any atom is 0.250 e. The van der Waals surface area contributed by atoms with Crippen LogP contribution in [-0.4, -0.2) is 9.55 Å². The average Bonchev–Trinajstić information content (AvgIpc) is 2.84. The first kappa shape index (κ1) is 15.8. The Balaban J connectivity index is 0.00000176. The molecule has 0 unspecified atom stereocenters. The summed E-state index contributed by atoms with van der Waals surface area (Å²) in [7, 11) is 1.91. The Kier molecular flexibility index (Phi) is 4.35. The van der Waals surface area contributed by atoms with Crippen molar-refractivity contribution in [2.75, 3.05) is 0 Å². The molecule has 3 rings (SSSR count). The average molecular weight is 301 g/mol. The maximum atomic E-state index is 13.9. The lowest BCUT2D eigenvalue weighted by molar-refractivity contribution is -0.670. The molecule has 3 nitrogen and oxygen atoms in total. The molecule has 0 aliphatic carbocycles. The van der Waals surface area contributed by atoms with Crippen LogP contribution in [0.2, 0.25) is 0 Å². The second kappa shape index (κ2) is 6.05. The Morgan fingerprint density at radius 1 is 1.14 bits per heavy atom. The smallest absolute Gasteiger partial charge is 0.250 e. The third-order valence-electron chi connectivity index (χ3n) is 3.20. The largest absolute Gasteiger partial charge is 0.358 e. The number of benzene rings is 1. The van der Waals surface area contributed by atoms with Crippen molar-refractivity contribution in [3.63, 3.8) is 0 Å². The van der Waals surface area contributed by atoms with Gasteiger partial charge in [-0.15, -0.1) is 0 Å². The Morgan fingerprint density at radius 3 is 2.55 bits per heavy atom. The minimum Gasteiger partial charge on any atom is -0.358 e. The molecule has 0 aliphatic heterocycles. The topological polar surface area (TPSA) is 21.7 Å². The standard InChI is InChI=1S/C16H14F2N3.CH3/c1-11-7-15(13-4-3-12(17)9-14(13)18)19-16(8-11)21-6-5-20(2)10-21;/h3-10H,1-2H3;1H3/q+1;-1. The fraction of sp³-hybridized carbons (Fsp3) is 0.118. The number of aryl methyl sites for hydroxylation is 2. The monoisotopic (exact) mass is 301 g/mol. The number of rotatable bonds is 2. The van der Waals surface area contributed by atoms with Crippen molar-refractivity contribution in [3.05, 3.63) is 73.7 Å². The summed E-state index contributed by atoms with van der Waals surface area (Å²) in [6.07, 6.45) is 5.63. The van der Waals surface area contributed by atoms with Gasteiger partial charge in [-0.2, -0.15) is 4.57 Å². The van der Waals surface area contributed by atoms with Crippen molar-refractivity contribution in [2.24, 2.45) is 7.05 Å². The predicted octanol–water partition coefficient (Wildman–Crippen LogP) is 3.40. The van der Waals surface area contributed by atoms with Crippen molar-refractivity contribution in [1.82, 2.24) is 9.55 Å². The molecule has 114 valence electrons. The summed E-state index contributed by atoms with van der Waals surface area (Å²) in [5.74, 6) is -0.520. The molecule has 3 aromatic rings. The Morgan fingerprint density at radius 2 is 1.91 bits per heavy atom. The lowest BCUT2D eigenvalue weighted by atomic mass is 10.1. The molecule has 0 N–H and O–H groups in total. The van der Waals surface area contributed by atoms with E-state index in [9.17, 15) is 8.78 Å². The highest BCUT2D eigenvalue weighted by Gasteiger charge is 2.13. The molecular weight excluding hydrogens is 284 g/mol. The summed E-state index contributed by atoms with van der Waals surface area (Å²) in [6.45, 7) is 1.92. The summed E-state index contributed by atoms with van der Waals surface area (Å²) in [4.78, 5) is 4.47. The van der Waals surface area contributed by atoms with E-state index in [-0.39, 0.29) is 13.0 Å². The number of nitrogens with zero attached hydrogens (tertiary/aromatic N) is 3. The van der Waals surface area contributed by atoms with E-state index in [0.29, 0.717) is 11.5 Å². The first-order chi connectivity index (χ1) is 10.0. The van der Waals surface area contributed by atoms with E-state index < -0.39 is 11.6 Å². The van der Waals surface area contributed by atoms with Crippen LogP contribution in [0.3, 0.4) is 0 Å². The highest BCUT2D eigenvalue weighted by molar-refractivity contribution is 5.62. The van der Waals surface area contributed by atoms with Crippen LogP contribution in [0.15, 0.2) is 49.1 Å². The van der Waals surface area contributed by atoms with E-state index in [0.717, 1.165) is 11.6 Å². The minimum absolute atomic E-state index is 0. The molecular formula is C17H17F2N3. The molecule has 2 heterocycles. The zero-order valence-electron chi connectivity index (χ0n) is 12.7. The molecule has 5 heteroatoms. The lowest BCUT2D eigenvalue weighted by Gasteiger charge is -2.06. The van der Waals surface area contributed by atoms with Gasteiger partial charge in [-0.25, -0.2) is 18.3 Å². The lowest BCUT2D eigenvalue weighted by Crippen LogP contribution is -2.23. The molecule has 0 saturated carbocycles. The van der Waals surface area contributed by atoms with Crippen molar-refractivity contribution < 1.29 is 13.3 Å².